The van der Waals surface area contributed by atoms with Crippen LogP contribution in [0.3, 0.4) is 0 Å². The van der Waals surface area contributed by atoms with Crippen LogP contribution >= 0.6 is 11.8 Å². The van der Waals surface area contributed by atoms with Crippen LogP contribution in [-0.4, -0.2) is 49.0 Å². The summed E-state index contributed by atoms with van der Waals surface area (Å²) >= 11 is 1.84. The van der Waals surface area contributed by atoms with Gasteiger partial charge < -0.3 is 15.2 Å². The first-order valence-corrected chi connectivity index (χ1v) is 9.19. The predicted octanol–water partition coefficient (Wildman–Crippen LogP) is 2.70. The fraction of sp³-hybridized carbons (Fsp3) is 0.875. The number of hydrogen-bond donors (Lipinski definition) is 2. The summed E-state index contributed by atoms with van der Waals surface area (Å²) in [4.78, 5) is 0. The average molecular weight is 301 g/mol. The van der Waals surface area contributed by atoms with Gasteiger partial charge in [-0.15, -0.1) is 0 Å². The van der Waals surface area contributed by atoms with E-state index in [9.17, 15) is 5.11 Å². The molecule has 20 heavy (non-hydrogen) atoms. The van der Waals surface area contributed by atoms with E-state index in [1.165, 1.54) is 0 Å². The molecule has 4 heteroatoms. The highest BCUT2D eigenvalue weighted by atomic mass is 32.2. The summed E-state index contributed by atoms with van der Waals surface area (Å²) in [5.74, 6) is 2.40. The van der Waals surface area contributed by atoms with Crippen LogP contribution in [0.25, 0.3) is 0 Å². The highest BCUT2D eigenvalue weighted by Gasteiger charge is 2.18. The summed E-state index contributed by atoms with van der Waals surface area (Å²) in [6.07, 6.45) is 9.59. The summed E-state index contributed by atoms with van der Waals surface area (Å²) < 4.78 is 5.70. The third-order valence-corrected chi connectivity index (χ3v) is 4.80. The Morgan fingerprint density at radius 3 is 2.80 bits per heavy atom. The van der Waals surface area contributed by atoms with Crippen LogP contribution in [0.1, 0.15) is 33.1 Å². The molecule has 0 aromatic carbocycles. The van der Waals surface area contributed by atoms with Crippen molar-refractivity contribution in [3.63, 3.8) is 0 Å². The van der Waals surface area contributed by atoms with Gasteiger partial charge in [0.15, 0.2) is 0 Å². The number of nitrogens with one attached hydrogen (secondary N) is 1. The Kier molecular flexibility index (Phi) is 9.61. The quantitative estimate of drug-likeness (QED) is 0.609. The minimum Gasteiger partial charge on any atom is -0.389 e. The van der Waals surface area contributed by atoms with Crippen LogP contribution in [0.15, 0.2) is 12.2 Å². The van der Waals surface area contributed by atoms with Crippen LogP contribution in [-0.2, 0) is 4.74 Å². The van der Waals surface area contributed by atoms with E-state index in [-0.39, 0.29) is 0 Å². The van der Waals surface area contributed by atoms with Crippen molar-refractivity contribution >= 4 is 11.8 Å². The zero-order chi connectivity index (χ0) is 14.8. The van der Waals surface area contributed by atoms with E-state index in [1.54, 1.807) is 0 Å². The average Bonchev–Trinajstić information content (AvgIpc) is 2.45. The molecule has 4 atom stereocenters. The van der Waals surface area contributed by atoms with Crippen molar-refractivity contribution in [1.82, 2.24) is 5.32 Å². The number of hydrogen-bond acceptors (Lipinski definition) is 4. The summed E-state index contributed by atoms with van der Waals surface area (Å²) in [5.41, 5.74) is 0. The molecule has 1 rings (SSSR count). The second-order valence-corrected chi connectivity index (χ2v) is 6.75. The zero-order valence-electron chi connectivity index (χ0n) is 13.2. The van der Waals surface area contributed by atoms with Gasteiger partial charge in [0.2, 0.25) is 0 Å². The minimum atomic E-state index is -0.402. The van der Waals surface area contributed by atoms with Crippen LogP contribution in [0.4, 0.5) is 0 Å². The predicted molar refractivity (Wildman–Crippen MR) is 88.3 cm³/mol. The third-order valence-electron chi connectivity index (χ3n) is 4.06. The Morgan fingerprint density at radius 1 is 1.40 bits per heavy atom. The number of aliphatic hydroxyl groups excluding tert-OH is 1. The number of thioether (sulfide) groups is 1. The smallest absolute Gasteiger partial charge is 0.0897 e. The number of ether oxygens (including phenoxy) is 1. The van der Waals surface area contributed by atoms with Gasteiger partial charge >= 0.3 is 0 Å². The Balaban J connectivity index is 2.10. The Labute approximate surface area is 128 Å². The molecule has 1 aliphatic carbocycles. The van der Waals surface area contributed by atoms with E-state index in [0.29, 0.717) is 31.0 Å². The molecule has 0 bridgehead atoms. The maximum absolute atomic E-state index is 9.95. The maximum Gasteiger partial charge on any atom is 0.0897 e. The second-order valence-electron chi connectivity index (χ2n) is 5.84. The van der Waals surface area contributed by atoms with Crippen LogP contribution in [0, 0.1) is 11.8 Å². The lowest BCUT2D eigenvalue weighted by Gasteiger charge is -2.25. The van der Waals surface area contributed by atoms with Crippen molar-refractivity contribution in [3.05, 3.63) is 12.2 Å². The maximum atomic E-state index is 9.95. The fourth-order valence-electron chi connectivity index (χ4n) is 2.48. The first-order chi connectivity index (χ1) is 9.67. The largest absolute Gasteiger partial charge is 0.389 e. The lowest BCUT2D eigenvalue weighted by Crippen LogP contribution is -2.38. The molecule has 1 aliphatic rings. The molecule has 0 heterocycles. The molecule has 0 amide bonds. The molecule has 0 radical (unpaired) electrons. The Morgan fingerprint density at radius 2 is 2.15 bits per heavy atom. The lowest BCUT2D eigenvalue weighted by molar-refractivity contribution is 0.0121. The van der Waals surface area contributed by atoms with E-state index in [2.05, 4.69) is 37.6 Å². The van der Waals surface area contributed by atoms with Gasteiger partial charge in [-0.05, 0) is 37.4 Å². The summed E-state index contributed by atoms with van der Waals surface area (Å²) in [7, 11) is 0. The molecular weight excluding hydrogens is 270 g/mol. The van der Waals surface area contributed by atoms with Crippen LogP contribution in [0.5, 0.6) is 0 Å². The van der Waals surface area contributed by atoms with Gasteiger partial charge in [0.05, 0.1) is 19.3 Å². The first kappa shape index (κ1) is 18.0. The normalized spacial score (nSPS) is 25.6. The van der Waals surface area contributed by atoms with Crippen molar-refractivity contribution in [1.29, 1.82) is 0 Å². The van der Waals surface area contributed by atoms with Gasteiger partial charge in [0.25, 0.3) is 0 Å². The monoisotopic (exact) mass is 301 g/mol. The number of allylic oxidation sites excluding steroid dienone is 2. The van der Waals surface area contributed by atoms with Crippen molar-refractivity contribution < 1.29 is 9.84 Å². The molecule has 0 aromatic heterocycles. The standard InChI is InChI=1S/C16H31NO2S/c1-4-15(12-20-3)17-9-16(18)11-19-10-14-8-6-5-7-13(14)2/h5-6,13-18H,4,7-12H2,1-3H3. The molecule has 0 fully saturated rings. The SMILES string of the molecule is CCC(CSC)NCC(O)COCC1CC=CCC1C. The lowest BCUT2D eigenvalue weighted by atomic mass is 9.85. The fourth-order valence-corrected chi connectivity index (χ4v) is 3.23. The molecular formula is C16H31NO2S. The zero-order valence-corrected chi connectivity index (χ0v) is 14.0. The van der Waals surface area contributed by atoms with Crippen LogP contribution < -0.4 is 5.32 Å². The molecule has 118 valence electrons. The number of aliphatic hydroxyl groups is 1. The van der Waals surface area contributed by atoms with Crippen molar-refractivity contribution in [2.45, 2.75) is 45.3 Å². The van der Waals surface area contributed by atoms with E-state index >= 15 is 0 Å². The summed E-state index contributed by atoms with van der Waals surface area (Å²) in [5, 5.41) is 13.4. The van der Waals surface area contributed by atoms with Gasteiger partial charge in [-0.1, -0.05) is 26.0 Å². The minimum absolute atomic E-state index is 0.402. The third kappa shape index (κ3) is 7.11. The van der Waals surface area contributed by atoms with Crippen molar-refractivity contribution in [2.75, 3.05) is 31.8 Å². The topological polar surface area (TPSA) is 41.5 Å². The molecule has 0 saturated carbocycles. The van der Waals surface area contributed by atoms with Crippen molar-refractivity contribution in [2.24, 2.45) is 11.8 Å². The van der Waals surface area contributed by atoms with Gasteiger partial charge in [-0.3, -0.25) is 0 Å². The Hall–Kier alpha value is -0.0300. The highest BCUT2D eigenvalue weighted by molar-refractivity contribution is 7.98. The molecule has 4 unspecified atom stereocenters. The van der Waals surface area contributed by atoms with E-state index in [1.807, 2.05) is 11.8 Å². The van der Waals surface area contributed by atoms with E-state index in [0.717, 1.165) is 31.6 Å². The second kappa shape index (κ2) is 10.7. The number of rotatable bonds is 10. The van der Waals surface area contributed by atoms with Crippen LogP contribution in [0.2, 0.25) is 0 Å². The first-order valence-electron chi connectivity index (χ1n) is 7.80. The molecule has 0 aliphatic heterocycles. The molecule has 0 saturated heterocycles. The molecule has 0 aromatic rings. The van der Waals surface area contributed by atoms with E-state index < -0.39 is 6.10 Å². The van der Waals surface area contributed by atoms with E-state index in [4.69, 9.17) is 4.74 Å². The van der Waals surface area contributed by atoms with Gasteiger partial charge in [-0.2, -0.15) is 11.8 Å². The molecule has 3 nitrogen and oxygen atoms in total. The van der Waals surface area contributed by atoms with Gasteiger partial charge in [0.1, 0.15) is 0 Å². The van der Waals surface area contributed by atoms with Crippen molar-refractivity contribution in [3.8, 4) is 0 Å². The van der Waals surface area contributed by atoms with Gasteiger partial charge in [0, 0.05) is 18.3 Å². The summed E-state index contributed by atoms with van der Waals surface area (Å²) in [6.45, 7) is 6.29. The Bertz CT molecular complexity index is 273. The van der Waals surface area contributed by atoms with Gasteiger partial charge in [-0.25, -0.2) is 0 Å². The molecule has 0 spiro atoms. The highest BCUT2D eigenvalue weighted by Crippen LogP contribution is 2.24. The summed E-state index contributed by atoms with van der Waals surface area (Å²) in [6, 6.07) is 0.489. The molecule has 2 N–H and O–H groups in total.